The van der Waals surface area contributed by atoms with Crippen LogP contribution in [-0.2, 0) is 4.74 Å². The normalized spacial score (nSPS) is 16.8. The van der Waals surface area contributed by atoms with E-state index in [0.717, 1.165) is 17.7 Å². The Kier molecular flexibility index (Phi) is 5.21. The molecule has 3 heterocycles. The number of methoxy groups -OCH3 is 1. The summed E-state index contributed by atoms with van der Waals surface area (Å²) in [6.07, 6.45) is 1.70. The molecule has 28 heavy (non-hydrogen) atoms. The maximum atomic E-state index is 13.1. The van der Waals surface area contributed by atoms with Gasteiger partial charge in [-0.15, -0.1) is 21.5 Å². The minimum absolute atomic E-state index is 0.0239. The lowest BCUT2D eigenvalue weighted by molar-refractivity contribution is 0.0585. The van der Waals surface area contributed by atoms with Crippen LogP contribution in [0.3, 0.4) is 0 Å². The predicted octanol–water partition coefficient (Wildman–Crippen LogP) is 3.60. The first-order valence-electron chi connectivity index (χ1n) is 9.01. The van der Waals surface area contributed by atoms with Crippen LogP contribution in [0.1, 0.15) is 45.4 Å². The Balaban J connectivity index is 1.53. The molecule has 1 aliphatic heterocycles. The van der Waals surface area contributed by atoms with Crippen LogP contribution in [0, 0.1) is 0 Å². The van der Waals surface area contributed by atoms with Crippen LogP contribution in [0.25, 0.3) is 10.8 Å². The van der Waals surface area contributed by atoms with Crippen molar-refractivity contribution in [1.29, 1.82) is 0 Å². The second-order valence-corrected chi connectivity index (χ2v) is 7.50. The van der Waals surface area contributed by atoms with E-state index in [9.17, 15) is 9.59 Å². The van der Waals surface area contributed by atoms with Gasteiger partial charge in [0.25, 0.3) is 11.8 Å². The molecule has 0 radical (unpaired) electrons. The topological polar surface area (TPSA) is 85.5 Å². The molecule has 3 aromatic rings. The van der Waals surface area contributed by atoms with Crippen LogP contribution in [-0.4, -0.2) is 47.2 Å². The third kappa shape index (κ3) is 3.55. The average molecular weight is 397 g/mol. The summed E-state index contributed by atoms with van der Waals surface area (Å²) in [6.45, 7) is 1.09. The monoisotopic (exact) mass is 397 g/mol. The number of hydrogen-bond donors (Lipinski definition) is 0. The van der Waals surface area contributed by atoms with Crippen LogP contribution in [0.5, 0.6) is 0 Å². The van der Waals surface area contributed by atoms with Crippen LogP contribution < -0.4 is 0 Å². The fraction of sp³-hybridized carbons (Fsp3) is 0.300. The number of ether oxygens (including phenoxy) is 1. The number of nitrogens with zero attached hydrogens (tertiary/aromatic N) is 3. The van der Waals surface area contributed by atoms with Gasteiger partial charge in [0.15, 0.2) is 0 Å². The molecule has 1 aromatic carbocycles. The van der Waals surface area contributed by atoms with Crippen molar-refractivity contribution in [1.82, 2.24) is 15.1 Å². The van der Waals surface area contributed by atoms with E-state index in [1.807, 2.05) is 17.5 Å². The summed E-state index contributed by atoms with van der Waals surface area (Å²) in [7, 11) is 1.31. The summed E-state index contributed by atoms with van der Waals surface area (Å²) < 4.78 is 10.7. The number of amides is 1. The molecule has 1 atom stereocenters. The molecule has 0 saturated carbocycles. The number of benzene rings is 1. The molecular weight excluding hydrogens is 378 g/mol. The lowest BCUT2D eigenvalue weighted by atomic mass is 9.96. The van der Waals surface area contributed by atoms with Gasteiger partial charge in [0.2, 0.25) is 5.89 Å². The molecule has 1 fully saturated rings. The maximum absolute atomic E-state index is 13.1. The number of likely N-dealkylation sites (tertiary alicyclic amines) is 1. The number of hydrogen-bond acceptors (Lipinski definition) is 7. The Morgan fingerprint density at radius 3 is 2.75 bits per heavy atom. The number of esters is 1. The highest BCUT2D eigenvalue weighted by molar-refractivity contribution is 7.13. The average Bonchev–Trinajstić information content (AvgIpc) is 3.44. The van der Waals surface area contributed by atoms with Crippen LogP contribution in [0.15, 0.2) is 46.2 Å². The highest BCUT2D eigenvalue weighted by Crippen LogP contribution is 2.30. The fourth-order valence-corrected chi connectivity index (χ4v) is 4.03. The first kappa shape index (κ1) is 18.4. The van der Waals surface area contributed by atoms with Gasteiger partial charge in [0.05, 0.1) is 29.0 Å². The Hall–Kier alpha value is -3.00. The van der Waals surface area contributed by atoms with Crippen molar-refractivity contribution < 1.29 is 18.7 Å². The van der Waals surface area contributed by atoms with Gasteiger partial charge in [0.1, 0.15) is 0 Å². The van der Waals surface area contributed by atoms with E-state index in [1.165, 1.54) is 7.11 Å². The van der Waals surface area contributed by atoms with E-state index in [2.05, 4.69) is 10.2 Å². The molecule has 1 unspecified atom stereocenters. The van der Waals surface area contributed by atoms with Gasteiger partial charge in [-0.05, 0) is 36.4 Å². The summed E-state index contributed by atoms with van der Waals surface area (Å²) in [5.74, 6) is 0.314. The predicted molar refractivity (Wildman–Crippen MR) is 103 cm³/mol. The molecule has 0 aliphatic carbocycles. The van der Waals surface area contributed by atoms with Gasteiger partial charge < -0.3 is 14.1 Å². The SMILES string of the molecule is COC(=O)c1ccccc1C(=O)N1CCCC(c2nnc(-c3cccs3)o2)C1. The number of carbonyl (C=O) groups excluding carboxylic acids is 2. The quantitative estimate of drug-likeness (QED) is 0.625. The van der Waals surface area contributed by atoms with Gasteiger partial charge in [0, 0.05) is 13.1 Å². The molecule has 144 valence electrons. The van der Waals surface area contributed by atoms with E-state index in [0.29, 0.717) is 30.4 Å². The largest absolute Gasteiger partial charge is 0.465 e. The zero-order valence-electron chi connectivity index (χ0n) is 15.3. The molecular formula is C20H19N3O4S. The van der Waals surface area contributed by atoms with Crippen molar-refractivity contribution in [2.24, 2.45) is 0 Å². The molecule has 7 nitrogen and oxygen atoms in total. The molecule has 0 bridgehead atoms. The minimum Gasteiger partial charge on any atom is -0.465 e. The maximum Gasteiger partial charge on any atom is 0.338 e. The van der Waals surface area contributed by atoms with E-state index in [1.54, 1.807) is 40.5 Å². The number of piperidine rings is 1. The molecule has 4 rings (SSSR count). The number of aromatic nitrogens is 2. The van der Waals surface area contributed by atoms with Crippen molar-refractivity contribution in [3.05, 3.63) is 58.8 Å². The van der Waals surface area contributed by atoms with Crippen molar-refractivity contribution >= 4 is 23.2 Å². The lowest BCUT2D eigenvalue weighted by Crippen LogP contribution is -2.39. The molecule has 1 aliphatic rings. The summed E-state index contributed by atoms with van der Waals surface area (Å²) in [6, 6.07) is 10.6. The van der Waals surface area contributed by atoms with E-state index >= 15 is 0 Å². The zero-order chi connectivity index (χ0) is 19.5. The van der Waals surface area contributed by atoms with Gasteiger partial charge >= 0.3 is 5.97 Å². The van der Waals surface area contributed by atoms with Crippen molar-refractivity contribution in [3.8, 4) is 10.8 Å². The van der Waals surface area contributed by atoms with Crippen LogP contribution in [0.2, 0.25) is 0 Å². The van der Waals surface area contributed by atoms with Crippen molar-refractivity contribution in [3.63, 3.8) is 0 Å². The highest BCUT2D eigenvalue weighted by atomic mass is 32.1. The van der Waals surface area contributed by atoms with E-state index in [-0.39, 0.29) is 17.4 Å². The lowest BCUT2D eigenvalue weighted by Gasteiger charge is -2.31. The molecule has 2 aromatic heterocycles. The van der Waals surface area contributed by atoms with Gasteiger partial charge in [-0.3, -0.25) is 4.79 Å². The van der Waals surface area contributed by atoms with Gasteiger partial charge in [-0.25, -0.2) is 4.79 Å². The van der Waals surface area contributed by atoms with Crippen molar-refractivity contribution in [2.75, 3.05) is 20.2 Å². The van der Waals surface area contributed by atoms with E-state index in [4.69, 9.17) is 9.15 Å². The van der Waals surface area contributed by atoms with Crippen LogP contribution in [0.4, 0.5) is 0 Å². The standard InChI is InChI=1S/C20H19N3O4S/c1-26-20(25)15-8-3-2-7-14(15)19(24)23-10-4-6-13(12-23)17-21-22-18(27-17)16-9-5-11-28-16/h2-3,5,7-9,11,13H,4,6,10,12H2,1H3. The number of carbonyl (C=O) groups is 2. The zero-order valence-corrected chi connectivity index (χ0v) is 16.1. The Bertz CT molecular complexity index is 983. The van der Waals surface area contributed by atoms with E-state index < -0.39 is 5.97 Å². The Labute approximate surface area is 165 Å². The Morgan fingerprint density at radius 1 is 1.18 bits per heavy atom. The number of thiophene rings is 1. The number of rotatable bonds is 4. The molecule has 0 spiro atoms. The molecule has 1 amide bonds. The van der Waals surface area contributed by atoms with Crippen LogP contribution >= 0.6 is 11.3 Å². The summed E-state index contributed by atoms with van der Waals surface area (Å²) in [5.41, 5.74) is 0.620. The van der Waals surface area contributed by atoms with Gasteiger partial charge in [-0.1, -0.05) is 18.2 Å². The Morgan fingerprint density at radius 2 is 2.00 bits per heavy atom. The second kappa shape index (κ2) is 7.93. The second-order valence-electron chi connectivity index (χ2n) is 6.55. The third-order valence-corrected chi connectivity index (χ3v) is 5.65. The molecule has 1 saturated heterocycles. The molecule has 8 heteroatoms. The minimum atomic E-state index is -0.519. The first-order chi connectivity index (χ1) is 13.7. The first-order valence-corrected chi connectivity index (χ1v) is 9.89. The van der Waals surface area contributed by atoms with Crippen molar-refractivity contribution in [2.45, 2.75) is 18.8 Å². The highest BCUT2D eigenvalue weighted by Gasteiger charge is 2.30. The summed E-state index contributed by atoms with van der Waals surface area (Å²) in [4.78, 5) is 27.7. The summed E-state index contributed by atoms with van der Waals surface area (Å²) in [5, 5.41) is 10.3. The van der Waals surface area contributed by atoms with Gasteiger partial charge in [-0.2, -0.15) is 0 Å². The smallest absolute Gasteiger partial charge is 0.338 e. The third-order valence-electron chi connectivity index (χ3n) is 4.79. The summed E-state index contributed by atoms with van der Waals surface area (Å²) >= 11 is 1.54. The molecule has 0 N–H and O–H groups in total. The fourth-order valence-electron chi connectivity index (χ4n) is 3.39.